The van der Waals surface area contributed by atoms with Crippen LogP contribution in [0.5, 0.6) is 0 Å². The van der Waals surface area contributed by atoms with Crippen LogP contribution in [0.3, 0.4) is 0 Å². The number of fused-ring (bicyclic) bond motifs is 2. The summed E-state index contributed by atoms with van der Waals surface area (Å²) in [4.78, 5) is 29.5. The standard InChI is InChI=1S/C30H28N6O/c1-3-21-8-6-9-23(17-21)32-30(37)36-15-13-26-25(19-36)28(24-10-5-4-7-20(24)2)34-29(33-26)22-11-12-27-31-14-16-35(27)18-22/h4-12,14,16-18H,3,13,15,19H2,1-2H3,(H,32,37). The first kappa shape index (κ1) is 22.9. The molecule has 1 aliphatic heterocycles. The van der Waals surface area contributed by atoms with Crippen LogP contribution in [0.1, 0.15) is 29.3 Å². The summed E-state index contributed by atoms with van der Waals surface area (Å²) in [5.41, 5.74) is 8.90. The van der Waals surface area contributed by atoms with Gasteiger partial charge in [0.2, 0.25) is 0 Å². The number of pyridine rings is 1. The molecule has 6 rings (SSSR count). The van der Waals surface area contributed by atoms with E-state index in [-0.39, 0.29) is 6.03 Å². The number of nitrogens with zero attached hydrogens (tertiary/aromatic N) is 5. The molecule has 0 atom stereocenters. The molecule has 3 aromatic heterocycles. The van der Waals surface area contributed by atoms with Crippen LogP contribution in [0.2, 0.25) is 0 Å². The highest BCUT2D eigenvalue weighted by atomic mass is 16.2. The number of rotatable bonds is 4. The summed E-state index contributed by atoms with van der Waals surface area (Å²) in [6.45, 7) is 5.25. The second-order valence-electron chi connectivity index (χ2n) is 9.40. The maximum atomic E-state index is 13.2. The Labute approximate surface area is 215 Å². The zero-order valence-electron chi connectivity index (χ0n) is 21.0. The van der Waals surface area contributed by atoms with Gasteiger partial charge < -0.3 is 14.6 Å². The van der Waals surface area contributed by atoms with E-state index in [4.69, 9.17) is 9.97 Å². The highest BCUT2D eigenvalue weighted by Crippen LogP contribution is 2.32. The van der Waals surface area contributed by atoms with Gasteiger partial charge in [0.25, 0.3) is 0 Å². The first-order valence-electron chi connectivity index (χ1n) is 12.6. The van der Waals surface area contributed by atoms with Crippen LogP contribution in [-0.4, -0.2) is 36.8 Å². The van der Waals surface area contributed by atoms with E-state index < -0.39 is 0 Å². The third kappa shape index (κ3) is 4.44. The Balaban J connectivity index is 1.38. The minimum absolute atomic E-state index is 0.107. The summed E-state index contributed by atoms with van der Waals surface area (Å²) < 4.78 is 1.98. The van der Waals surface area contributed by atoms with Crippen molar-refractivity contribution in [3.63, 3.8) is 0 Å². The number of hydrogen-bond donors (Lipinski definition) is 1. The van der Waals surface area contributed by atoms with Crippen molar-refractivity contribution in [2.24, 2.45) is 0 Å². The SMILES string of the molecule is CCc1cccc(NC(=O)N2CCc3nc(-c4ccc5nccn5c4)nc(-c4ccccc4C)c3C2)c1. The zero-order chi connectivity index (χ0) is 25.4. The van der Waals surface area contributed by atoms with Crippen LogP contribution in [0.15, 0.2) is 79.3 Å². The van der Waals surface area contributed by atoms with Gasteiger partial charge in [-0.3, -0.25) is 0 Å². The van der Waals surface area contributed by atoms with E-state index >= 15 is 0 Å². The Bertz CT molecular complexity index is 1620. The normalized spacial score (nSPS) is 13.0. The smallest absolute Gasteiger partial charge is 0.320 e. The molecular weight excluding hydrogens is 460 g/mol. The number of carbonyl (C=O) groups excluding carboxylic acids is 1. The fourth-order valence-corrected chi connectivity index (χ4v) is 4.90. The van der Waals surface area contributed by atoms with Gasteiger partial charge in [0.05, 0.1) is 17.9 Å². The average Bonchev–Trinajstić information content (AvgIpc) is 3.41. The van der Waals surface area contributed by atoms with Crippen LogP contribution >= 0.6 is 0 Å². The van der Waals surface area contributed by atoms with Gasteiger partial charge in [-0.25, -0.2) is 19.7 Å². The summed E-state index contributed by atoms with van der Waals surface area (Å²) in [5.74, 6) is 0.682. The molecule has 5 aromatic rings. The van der Waals surface area contributed by atoms with Crippen LogP contribution in [0.25, 0.3) is 28.3 Å². The van der Waals surface area contributed by atoms with E-state index in [0.717, 1.165) is 51.4 Å². The van der Waals surface area contributed by atoms with Crippen molar-refractivity contribution in [1.29, 1.82) is 0 Å². The van der Waals surface area contributed by atoms with Gasteiger partial charge in [0.1, 0.15) is 5.65 Å². The largest absolute Gasteiger partial charge is 0.322 e. The molecule has 0 unspecified atom stereocenters. The number of carbonyl (C=O) groups is 1. The van der Waals surface area contributed by atoms with E-state index in [2.05, 4.69) is 42.3 Å². The van der Waals surface area contributed by atoms with Gasteiger partial charge in [0.15, 0.2) is 5.82 Å². The fraction of sp³-hybridized carbons (Fsp3) is 0.200. The van der Waals surface area contributed by atoms with E-state index in [1.807, 2.05) is 64.2 Å². The molecule has 0 aliphatic carbocycles. The molecule has 0 fully saturated rings. The van der Waals surface area contributed by atoms with Gasteiger partial charge >= 0.3 is 6.03 Å². The number of imidazole rings is 1. The molecule has 2 aromatic carbocycles. The van der Waals surface area contributed by atoms with Gasteiger partial charge in [-0.1, -0.05) is 43.3 Å². The lowest BCUT2D eigenvalue weighted by molar-refractivity contribution is 0.206. The number of hydrogen-bond acceptors (Lipinski definition) is 4. The third-order valence-electron chi connectivity index (χ3n) is 6.98. The molecule has 7 nitrogen and oxygen atoms in total. The first-order valence-corrected chi connectivity index (χ1v) is 12.6. The first-order chi connectivity index (χ1) is 18.1. The predicted octanol–water partition coefficient (Wildman–Crippen LogP) is 5.92. The second kappa shape index (κ2) is 9.50. The average molecular weight is 489 g/mol. The zero-order valence-corrected chi connectivity index (χ0v) is 21.0. The molecule has 2 amide bonds. The summed E-state index contributed by atoms with van der Waals surface area (Å²) in [7, 11) is 0. The van der Waals surface area contributed by atoms with E-state index in [9.17, 15) is 4.79 Å². The molecule has 0 saturated heterocycles. The minimum Gasteiger partial charge on any atom is -0.320 e. The number of anilines is 1. The Morgan fingerprint density at radius 3 is 2.81 bits per heavy atom. The van der Waals surface area contributed by atoms with E-state index in [1.165, 1.54) is 5.56 Å². The number of nitrogens with one attached hydrogen (secondary N) is 1. The van der Waals surface area contributed by atoms with Crippen LogP contribution in [-0.2, 0) is 19.4 Å². The minimum atomic E-state index is -0.107. The Morgan fingerprint density at radius 1 is 1.05 bits per heavy atom. The lowest BCUT2D eigenvalue weighted by Crippen LogP contribution is -2.39. The monoisotopic (exact) mass is 488 g/mol. The van der Waals surface area contributed by atoms with Gasteiger partial charge in [-0.05, 0) is 48.7 Å². The molecule has 1 N–H and O–H groups in total. The van der Waals surface area contributed by atoms with Crippen molar-refractivity contribution in [1.82, 2.24) is 24.3 Å². The summed E-state index contributed by atoms with van der Waals surface area (Å²) in [6.07, 6.45) is 7.31. The van der Waals surface area contributed by atoms with Gasteiger partial charge in [-0.15, -0.1) is 0 Å². The lowest BCUT2D eigenvalue weighted by atomic mass is 9.96. The Hall–Kier alpha value is -4.52. The molecule has 0 spiro atoms. The topological polar surface area (TPSA) is 75.4 Å². The van der Waals surface area contributed by atoms with E-state index in [0.29, 0.717) is 25.3 Å². The molecule has 0 radical (unpaired) electrons. The predicted molar refractivity (Wildman–Crippen MR) is 145 cm³/mol. The Morgan fingerprint density at radius 2 is 1.95 bits per heavy atom. The number of amides is 2. The molecule has 0 saturated carbocycles. The summed E-state index contributed by atoms with van der Waals surface area (Å²) >= 11 is 0. The van der Waals surface area contributed by atoms with Crippen molar-refractivity contribution in [3.05, 3.63) is 102 Å². The maximum Gasteiger partial charge on any atom is 0.322 e. The van der Waals surface area contributed by atoms with Crippen molar-refractivity contribution in [2.75, 3.05) is 11.9 Å². The van der Waals surface area contributed by atoms with Crippen molar-refractivity contribution in [3.8, 4) is 22.6 Å². The molecule has 184 valence electrons. The van der Waals surface area contributed by atoms with Crippen LogP contribution in [0.4, 0.5) is 10.5 Å². The van der Waals surface area contributed by atoms with Gasteiger partial charge in [-0.2, -0.15) is 0 Å². The van der Waals surface area contributed by atoms with Crippen molar-refractivity contribution < 1.29 is 4.79 Å². The highest BCUT2D eigenvalue weighted by Gasteiger charge is 2.27. The molecule has 0 bridgehead atoms. The van der Waals surface area contributed by atoms with E-state index in [1.54, 1.807) is 6.20 Å². The second-order valence-corrected chi connectivity index (χ2v) is 9.40. The molecule has 1 aliphatic rings. The Kier molecular flexibility index (Phi) is 5.88. The highest BCUT2D eigenvalue weighted by molar-refractivity contribution is 5.89. The summed E-state index contributed by atoms with van der Waals surface area (Å²) in [5, 5.41) is 3.08. The van der Waals surface area contributed by atoms with Crippen LogP contribution < -0.4 is 5.32 Å². The molecule has 37 heavy (non-hydrogen) atoms. The molecule has 4 heterocycles. The lowest BCUT2D eigenvalue weighted by Gasteiger charge is -2.30. The van der Waals surface area contributed by atoms with Gasteiger partial charge in [0, 0.05) is 53.9 Å². The summed E-state index contributed by atoms with van der Waals surface area (Å²) in [6, 6.07) is 20.1. The quantitative estimate of drug-likeness (QED) is 0.341. The van der Waals surface area contributed by atoms with Crippen molar-refractivity contribution in [2.45, 2.75) is 33.2 Å². The molecule has 7 heteroatoms. The molecular formula is C30H28N6O. The maximum absolute atomic E-state index is 13.2. The third-order valence-corrected chi connectivity index (χ3v) is 6.98. The van der Waals surface area contributed by atoms with Crippen LogP contribution in [0, 0.1) is 6.92 Å². The van der Waals surface area contributed by atoms with Crippen molar-refractivity contribution >= 4 is 17.4 Å². The number of aromatic nitrogens is 4. The number of benzene rings is 2. The number of urea groups is 1. The number of aryl methyl sites for hydroxylation is 2. The fourth-order valence-electron chi connectivity index (χ4n) is 4.90.